The summed E-state index contributed by atoms with van der Waals surface area (Å²) in [6.45, 7) is 1.31. The van der Waals surface area contributed by atoms with Crippen LogP contribution in [0.2, 0.25) is 5.02 Å². The number of hydrogen-bond donors (Lipinski definition) is 1. The first-order chi connectivity index (χ1) is 17.1. The molecule has 2 amide bonds. The lowest BCUT2D eigenvalue weighted by molar-refractivity contribution is -0.139. The van der Waals surface area contributed by atoms with Crippen molar-refractivity contribution in [1.29, 1.82) is 0 Å². The average Bonchev–Trinajstić information content (AvgIpc) is 2.86. The summed E-state index contributed by atoms with van der Waals surface area (Å²) in [5.74, 6) is -0.100. The van der Waals surface area contributed by atoms with Crippen LogP contribution in [0.25, 0.3) is 0 Å². The van der Waals surface area contributed by atoms with E-state index < -0.39 is 28.5 Å². The highest BCUT2D eigenvalue weighted by Gasteiger charge is 2.31. The Bertz CT molecular complexity index is 1150. The van der Waals surface area contributed by atoms with E-state index in [4.69, 9.17) is 16.3 Å². The molecular formula is C26H34ClN3O5S. The molecule has 0 spiro atoms. The van der Waals surface area contributed by atoms with Crippen molar-refractivity contribution in [3.63, 3.8) is 0 Å². The topological polar surface area (TPSA) is 96.0 Å². The van der Waals surface area contributed by atoms with E-state index in [9.17, 15) is 18.0 Å². The molecule has 1 fully saturated rings. The van der Waals surface area contributed by atoms with Crippen LogP contribution >= 0.6 is 11.6 Å². The summed E-state index contributed by atoms with van der Waals surface area (Å²) in [5.41, 5.74) is 0.990. The van der Waals surface area contributed by atoms with Gasteiger partial charge in [0.2, 0.25) is 21.8 Å². The zero-order valence-corrected chi connectivity index (χ0v) is 22.5. The molecule has 1 saturated carbocycles. The van der Waals surface area contributed by atoms with Gasteiger partial charge in [-0.25, -0.2) is 8.42 Å². The molecule has 2 aromatic rings. The Labute approximate surface area is 218 Å². The summed E-state index contributed by atoms with van der Waals surface area (Å²) in [7, 11) is -2.27. The molecule has 0 aromatic heterocycles. The van der Waals surface area contributed by atoms with Crippen molar-refractivity contribution in [1.82, 2.24) is 10.2 Å². The molecule has 1 aliphatic rings. The predicted octanol–water partition coefficient (Wildman–Crippen LogP) is 3.98. The number of anilines is 1. The fourth-order valence-corrected chi connectivity index (χ4v) is 5.48. The predicted molar refractivity (Wildman–Crippen MR) is 142 cm³/mol. The van der Waals surface area contributed by atoms with Crippen LogP contribution in [0.3, 0.4) is 0 Å². The summed E-state index contributed by atoms with van der Waals surface area (Å²) in [4.78, 5) is 28.2. The molecule has 0 saturated heterocycles. The number of carbonyl (C=O) groups is 2. The first-order valence-electron chi connectivity index (χ1n) is 12.0. The van der Waals surface area contributed by atoms with Gasteiger partial charge < -0.3 is 15.0 Å². The number of para-hydroxylation sites is 1. The zero-order valence-electron chi connectivity index (χ0n) is 20.9. The van der Waals surface area contributed by atoms with Gasteiger partial charge in [0.15, 0.2) is 0 Å². The maximum atomic E-state index is 13.6. The summed E-state index contributed by atoms with van der Waals surface area (Å²) in [6, 6.07) is 12.9. The maximum absolute atomic E-state index is 13.6. The van der Waals surface area contributed by atoms with Crippen molar-refractivity contribution < 1.29 is 22.7 Å². The number of hydrogen-bond acceptors (Lipinski definition) is 5. The molecule has 10 heteroatoms. The first-order valence-corrected chi connectivity index (χ1v) is 14.3. The molecule has 8 nitrogen and oxygen atoms in total. The minimum atomic E-state index is -3.84. The number of rotatable bonds is 10. The van der Waals surface area contributed by atoms with Crippen molar-refractivity contribution in [3.8, 4) is 5.75 Å². The summed E-state index contributed by atoms with van der Waals surface area (Å²) < 4.78 is 31.5. The maximum Gasteiger partial charge on any atom is 0.244 e. The summed E-state index contributed by atoms with van der Waals surface area (Å²) in [6.07, 6.45) is 6.15. The Balaban J connectivity index is 1.87. The first kappa shape index (κ1) is 27.8. The highest BCUT2D eigenvalue weighted by molar-refractivity contribution is 7.92. The Morgan fingerprint density at radius 1 is 1.08 bits per heavy atom. The molecule has 1 N–H and O–H groups in total. The number of carbonyl (C=O) groups excluding carboxylic acids is 2. The summed E-state index contributed by atoms with van der Waals surface area (Å²) in [5, 5.41) is 3.29. The smallest absolute Gasteiger partial charge is 0.244 e. The number of nitrogens with one attached hydrogen (secondary N) is 1. The largest absolute Gasteiger partial charge is 0.497 e. The van der Waals surface area contributed by atoms with Gasteiger partial charge in [-0.15, -0.1) is 0 Å². The Morgan fingerprint density at radius 3 is 2.31 bits per heavy atom. The second-order valence-electron chi connectivity index (χ2n) is 9.11. The van der Waals surface area contributed by atoms with Crippen molar-refractivity contribution in [2.75, 3.05) is 24.2 Å². The highest BCUT2D eigenvalue weighted by Crippen LogP contribution is 2.27. The quantitative estimate of drug-likeness (QED) is 0.496. The molecule has 1 aliphatic carbocycles. The van der Waals surface area contributed by atoms with Gasteiger partial charge in [0.05, 0.1) is 24.1 Å². The van der Waals surface area contributed by atoms with E-state index in [0.29, 0.717) is 5.75 Å². The highest BCUT2D eigenvalue weighted by atomic mass is 35.5. The SMILES string of the molecule is COc1ccc(CN(C(=O)CN(c2ccccc2Cl)S(C)(=O)=O)[C@@H](C)C(=O)NC2CCCCC2)cc1. The monoisotopic (exact) mass is 535 g/mol. The second-order valence-corrected chi connectivity index (χ2v) is 11.4. The van der Waals surface area contributed by atoms with Gasteiger partial charge in [-0.05, 0) is 49.6 Å². The third-order valence-electron chi connectivity index (χ3n) is 6.43. The van der Waals surface area contributed by atoms with Crippen molar-refractivity contribution in [3.05, 3.63) is 59.1 Å². The Hall–Kier alpha value is -2.78. The van der Waals surface area contributed by atoms with Crippen LogP contribution in [0.1, 0.15) is 44.6 Å². The van der Waals surface area contributed by atoms with E-state index in [1.807, 2.05) is 12.1 Å². The van der Waals surface area contributed by atoms with Gasteiger partial charge >= 0.3 is 0 Å². The molecular weight excluding hydrogens is 502 g/mol. The molecule has 0 heterocycles. The molecule has 0 bridgehead atoms. The lowest BCUT2D eigenvalue weighted by Gasteiger charge is -2.33. The van der Waals surface area contributed by atoms with E-state index >= 15 is 0 Å². The minimum absolute atomic E-state index is 0.0854. The average molecular weight is 536 g/mol. The zero-order chi connectivity index (χ0) is 26.3. The van der Waals surface area contributed by atoms with Crippen LogP contribution in [-0.2, 0) is 26.2 Å². The van der Waals surface area contributed by atoms with E-state index in [-0.39, 0.29) is 29.2 Å². The molecule has 0 radical (unpaired) electrons. The normalized spacial score (nSPS) is 15.1. The molecule has 0 aliphatic heterocycles. The number of sulfonamides is 1. The molecule has 2 aromatic carbocycles. The van der Waals surface area contributed by atoms with Crippen LogP contribution in [0.15, 0.2) is 48.5 Å². The number of halogens is 1. The lowest BCUT2D eigenvalue weighted by atomic mass is 9.95. The number of benzene rings is 2. The molecule has 3 rings (SSSR count). The number of methoxy groups -OCH3 is 1. The van der Waals surface area contributed by atoms with Crippen LogP contribution in [-0.4, -0.2) is 57.1 Å². The number of amides is 2. The van der Waals surface area contributed by atoms with Gasteiger partial charge in [-0.2, -0.15) is 0 Å². The van der Waals surface area contributed by atoms with Crippen LogP contribution in [0.4, 0.5) is 5.69 Å². The van der Waals surface area contributed by atoms with Crippen molar-refractivity contribution in [2.24, 2.45) is 0 Å². The van der Waals surface area contributed by atoms with Crippen LogP contribution in [0.5, 0.6) is 5.75 Å². The molecule has 0 unspecified atom stereocenters. The van der Waals surface area contributed by atoms with Gasteiger partial charge in [0.25, 0.3) is 0 Å². The Morgan fingerprint density at radius 2 is 1.72 bits per heavy atom. The third kappa shape index (κ3) is 7.36. The number of ether oxygens (including phenoxy) is 1. The van der Waals surface area contributed by atoms with E-state index in [2.05, 4.69) is 5.32 Å². The molecule has 1 atom stereocenters. The van der Waals surface area contributed by atoms with E-state index in [1.54, 1.807) is 50.4 Å². The Kier molecular flexibility index (Phi) is 9.62. The van der Waals surface area contributed by atoms with Crippen molar-refractivity contribution >= 4 is 39.1 Å². The lowest BCUT2D eigenvalue weighted by Crippen LogP contribution is -2.53. The van der Waals surface area contributed by atoms with E-state index in [1.165, 1.54) is 4.90 Å². The fraction of sp³-hybridized carbons (Fsp3) is 0.462. The van der Waals surface area contributed by atoms with Gasteiger partial charge in [0.1, 0.15) is 18.3 Å². The van der Waals surface area contributed by atoms with Crippen molar-refractivity contribution in [2.45, 2.75) is 57.7 Å². The van der Waals surface area contributed by atoms with Crippen LogP contribution in [0, 0.1) is 0 Å². The van der Waals surface area contributed by atoms with Gasteiger partial charge in [-0.3, -0.25) is 13.9 Å². The minimum Gasteiger partial charge on any atom is -0.497 e. The number of nitrogens with zero attached hydrogens (tertiary/aromatic N) is 2. The molecule has 36 heavy (non-hydrogen) atoms. The van der Waals surface area contributed by atoms with E-state index in [0.717, 1.165) is 48.2 Å². The van der Waals surface area contributed by atoms with Gasteiger partial charge in [0, 0.05) is 12.6 Å². The van der Waals surface area contributed by atoms with Crippen LogP contribution < -0.4 is 14.4 Å². The van der Waals surface area contributed by atoms with Gasteiger partial charge in [-0.1, -0.05) is 55.1 Å². The second kappa shape index (κ2) is 12.5. The third-order valence-corrected chi connectivity index (χ3v) is 7.88. The molecule has 196 valence electrons. The standard InChI is InChI=1S/C26H34ClN3O5S/c1-19(26(32)28-21-9-5-4-6-10-21)29(17-20-13-15-22(35-2)16-14-20)25(31)18-30(36(3,33)34)24-12-8-7-11-23(24)27/h7-8,11-16,19,21H,4-6,9-10,17-18H2,1-3H3,(H,28,32)/t19-/m0/s1. The fourth-order valence-electron chi connectivity index (χ4n) is 4.33. The summed E-state index contributed by atoms with van der Waals surface area (Å²) >= 11 is 6.26.